The number of aliphatic imine (C=N–C) groups is 1. The third-order valence-corrected chi connectivity index (χ3v) is 1.44. The van der Waals surface area contributed by atoms with Crippen molar-refractivity contribution in [2.45, 2.75) is 0 Å². The molecule has 0 radical (unpaired) electrons. The molecule has 0 amide bonds. The van der Waals surface area contributed by atoms with E-state index in [9.17, 15) is 10.1 Å². The number of nitrogens with zero attached hydrogens (tertiary/aromatic N) is 2. The smallest absolute Gasteiger partial charge is 0.315 e. The predicted octanol–water partition coefficient (Wildman–Crippen LogP) is -0.109. The summed E-state index contributed by atoms with van der Waals surface area (Å²) in [6.07, 6.45) is 1.04. The Bertz CT molecular complexity index is 239. The largest absolute Gasteiger partial charge is 0.390 e. The predicted molar refractivity (Wildman–Crippen MR) is 52.4 cm³/mol. The molecule has 0 fully saturated rings. The van der Waals surface area contributed by atoms with Gasteiger partial charge in [-0.15, -0.1) is 0 Å². The summed E-state index contributed by atoms with van der Waals surface area (Å²) in [5.74, 6) is -0.526. The van der Waals surface area contributed by atoms with E-state index in [2.05, 4.69) is 20.9 Å². The van der Waals surface area contributed by atoms with Crippen molar-refractivity contribution in [2.24, 2.45) is 10.7 Å². The standard InChI is InChI=1S/C6H10BrN3O3/c7-1-2-9-5(4-11)3-6(8)10(12)13/h3,11H,1-2,4,8H2. The van der Waals surface area contributed by atoms with E-state index in [4.69, 9.17) is 10.8 Å². The maximum absolute atomic E-state index is 10.1. The van der Waals surface area contributed by atoms with Crippen molar-refractivity contribution >= 4 is 21.6 Å². The zero-order valence-electron chi connectivity index (χ0n) is 6.81. The molecule has 74 valence electrons. The number of nitrogens with two attached hydrogens (primary N) is 1. The highest BCUT2D eigenvalue weighted by Crippen LogP contribution is 1.90. The lowest BCUT2D eigenvalue weighted by molar-refractivity contribution is -0.426. The van der Waals surface area contributed by atoms with Crippen LogP contribution in [0.5, 0.6) is 0 Å². The molecule has 0 aliphatic carbocycles. The van der Waals surface area contributed by atoms with Crippen LogP contribution in [0.4, 0.5) is 0 Å². The van der Waals surface area contributed by atoms with Gasteiger partial charge in [0.05, 0.1) is 18.4 Å². The second-order valence-electron chi connectivity index (χ2n) is 2.05. The maximum atomic E-state index is 10.1. The van der Waals surface area contributed by atoms with Crippen molar-refractivity contribution in [3.8, 4) is 0 Å². The van der Waals surface area contributed by atoms with E-state index in [1.54, 1.807) is 0 Å². The van der Waals surface area contributed by atoms with E-state index in [0.29, 0.717) is 11.9 Å². The molecule has 0 aromatic rings. The Balaban J connectivity index is 4.43. The van der Waals surface area contributed by atoms with Crippen LogP contribution in [-0.2, 0) is 0 Å². The molecule has 0 heterocycles. The van der Waals surface area contributed by atoms with Gasteiger partial charge in [0, 0.05) is 11.9 Å². The lowest BCUT2D eigenvalue weighted by atomic mass is 10.3. The maximum Gasteiger partial charge on any atom is 0.315 e. The van der Waals surface area contributed by atoms with Crippen LogP contribution in [0.1, 0.15) is 0 Å². The molecular weight excluding hydrogens is 242 g/mol. The van der Waals surface area contributed by atoms with Crippen molar-refractivity contribution in [3.05, 3.63) is 22.0 Å². The van der Waals surface area contributed by atoms with Crippen LogP contribution < -0.4 is 5.73 Å². The molecule has 3 N–H and O–H groups in total. The number of aliphatic hydroxyl groups excluding tert-OH is 1. The van der Waals surface area contributed by atoms with Gasteiger partial charge in [0.1, 0.15) is 0 Å². The lowest BCUT2D eigenvalue weighted by Crippen LogP contribution is -2.13. The van der Waals surface area contributed by atoms with E-state index in [0.717, 1.165) is 6.08 Å². The van der Waals surface area contributed by atoms with Crippen molar-refractivity contribution in [3.63, 3.8) is 0 Å². The SMILES string of the molecule is NC(=CC(CO)=NCCBr)[N+](=O)[O-]. The van der Waals surface area contributed by atoms with Crippen molar-refractivity contribution in [2.75, 3.05) is 18.5 Å². The first-order chi connectivity index (χ1) is 6.11. The van der Waals surface area contributed by atoms with Gasteiger partial charge in [0.25, 0.3) is 0 Å². The molecule has 0 saturated heterocycles. The number of alkyl halides is 1. The van der Waals surface area contributed by atoms with Crippen LogP contribution in [0.3, 0.4) is 0 Å². The van der Waals surface area contributed by atoms with Crippen LogP contribution in [0.2, 0.25) is 0 Å². The normalized spacial score (nSPS) is 13.1. The topological polar surface area (TPSA) is 102 Å². The molecule has 7 heteroatoms. The zero-order chi connectivity index (χ0) is 10.3. The van der Waals surface area contributed by atoms with Crippen LogP contribution in [0.25, 0.3) is 0 Å². The van der Waals surface area contributed by atoms with Crippen LogP contribution in [-0.4, -0.2) is 34.2 Å². The average Bonchev–Trinajstić information content (AvgIpc) is 2.11. The van der Waals surface area contributed by atoms with Crippen LogP contribution in [0, 0.1) is 10.1 Å². The number of rotatable bonds is 5. The Kier molecular flexibility index (Phi) is 6.07. The number of aliphatic hydroxyl groups is 1. The fraction of sp³-hybridized carbons (Fsp3) is 0.500. The Morgan fingerprint density at radius 3 is 2.77 bits per heavy atom. The number of hydrogen-bond donors (Lipinski definition) is 2. The van der Waals surface area contributed by atoms with Gasteiger partial charge in [0.2, 0.25) is 0 Å². The van der Waals surface area contributed by atoms with E-state index < -0.39 is 10.7 Å². The summed E-state index contributed by atoms with van der Waals surface area (Å²) in [4.78, 5) is 13.2. The molecular formula is C6H10BrN3O3. The minimum atomic E-state index is -0.737. The summed E-state index contributed by atoms with van der Waals surface area (Å²) < 4.78 is 0. The summed E-state index contributed by atoms with van der Waals surface area (Å²) in [6.45, 7) is 0.0823. The Hall–Kier alpha value is -0.950. The molecule has 6 nitrogen and oxygen atoms in total. The van der Waals surface area contributed by atoms with Crippen LogP contribution in [0.15, 0.2) is 16.9 Å². The Morgan fingerprint density at radius 1 is 1.77 bits per heavy atom. The first kappa shape index (κ1) is 12.0. The fourth-order valence-electron chi connectivity index (χ4n) is 0.551. The van der Waals surface area contributed by atoms with Gasteiger partial charge in [-0.1, -0.05) is 15.9 Å². The fourth-order valence-corrected chi connectivity index (χ4v) is 0.728. The molecule has 0 aromatic heterocycles. The van der Waals surface area contributed by atoms with Gasteiger partial charge in [-0.05, 0) is 4.92 Å². The molecule has 0 bridgehead atoms. The third kappa shape index (κ3) is 5.31. The van der Waals surface area contributed by atoms with Gasteiger partial charge in [-0.25, -0.2) is 0 Å². The Labute approximate surface area is 83.4 Å². The van der Waals surface area contributed by atoms with Gasteiger partial charge >= 0.3 is 5.82 Å². The van der Waals surface area contributed by atoms with E-state index in [1.165, 1.54) is 0 Å². The molecule has 0 spiro atoms. The second-order valence-corrected chi connectivity index (χ2v) is 2.84. The van der Waals surface area contributed by atoms with Gasteiger partial charge < -0.3 is 15.2 Å². The molecule has 0 rings (SSSR count). The summed E-state index contributed by atoms with van der Waals surface area (Å²) >= 11 is 3.13. The van der Waals surface area contributed by atoms with Crippen molar-refractivity contribution in [1.29, 1.82) is 0 Å². The molecule has 13 heavy (non-hydrogen) atoms. The number of halogens is 1. The highest BCUT2D eigenvalue weighted by molar-refractivity contribution is 9.09. The van der Waals surface area contributed by atoms with E-state index in [1.807, 2.05) is 0 Å². The van der Waals surface area contributed by atoms with E-state index >= 15 is 0 Å². The molecule has 0 aliphatic rings. The average molecular weight is 252 g/mol. The first-order valence-corrected chi connectivity index (χ1v) is 4.55. The molecule has 0 aromatic carbocycles. The molecule has 0 saturated carbocycles. The highest BCUT2D eigenvalue weighted by atomic mass is 79.9. The van der Waals surface area contributed by atoms with Gasteiger partial charge in [0.15, 0.2) is 0 Å². The molecule has 0 aliphatic heterocycles. The quantitative estimate of drug-likeness (QED) is 0.308. The van der Waals surface area contributed by atoms with Crippen molar-refractivity contribution in [1.82, 2.24) is 0 Å². The molecule has 0 unspecified atom stereocenters. The third-order valence-electron chi connectivity index (χ3n) is 1.09. The second kappa shape index (κ2) is 6.55. The summed E-state index contributed by atoms with van der Waals surface area (Å²) in [5.41, 5.74) is 5.23. The lowest BCUT2D eigenvalue weighted by Gasteiger charge is -1.96. The summed E-state index contributed by atoms with van der Waals surface area (Å²) in [7, 11) is 0. The molecule has 0 atom stereocenters. The highest BCUT2D eigenvalue weighted by Gasteiger charge is 2.02. The van der Waals surface area contributed by atoms with Gasteiger partial charge in [-0.2, -0.15) is 0 Å². The summed E-state index contributed by atoms with van der Waals surface area (Å²) in [5, 5.41) is 19.4. The monoisotopic (exact) mass is 251 g/mol. The minimum absolute atomic E-state index is 0.202. The summed E-state index contributed by atoms with van der Waals surface area (Å²) in [6, 6.07) is 0. The first-order valence-electron chi connectivity index (χ1n) is 3.43. The van der Waals surface area contributed by atoms with Gasteiger partial charge in [-0.3, -0.25) is 10.7 Å². The van der Waals surface area contributed by atoms with Crippen molar-refractivity contribution < 1.29 is 10.0 Å². The Morgan fingerprint density at radius 2 is 2.38 bits per heavy atom. The number of hydrogen-bond acceptors (Lipinski definition) is 5. The van der Waals surface area contributed by atoms with E-state index in [-0.39, 0.29) is 12.3 Å². The van der Waals surface area contributed by atoms with Crippen LogP contribution >= 0.6 is 15.9 Å². The number of nitro groups is 1. The zero-order valence-corrected chi connectivity index (χ0v) is 8.40. The minimum Gasteiger partial charge on any atom is -0.390 e.